The maximum Gasteiger partial charge on any atom is 0.323 e. The minimum absolute atomic E-state index is 0.442. The van der Waals surface area contributed by atoms with E-state index in [0.29, 0.717) is 22.8 Å². The summed E-state index contributed by atoms with van der Waals surface area (Å²) in [6.45, 7) is 0. The standard InChI is InChI=1S/C16H19N3O4S/c1-19(24(3,21)22)14-8-4-6-12(10-14)17-16(20)18-13-7-5-9-15(11-13)23-2/h4-11H,1-3H3,(H2,17,18,20). The number of carbonyl (C=O) groups is 1. The maximum absolute atomic E-state index is 12.1. The van der Waals surface area contributed by atoms with Crippen molar-refractivity contribution in [2.75, 3.05) is 35.4 Å². The molecule has 2 aromatic rings. The number of sulfonamides is 1. The molecule has 0 spiro atoms. The molecule has 2 amide bonds. The number of hydrogen-bond acceptors (Lipinski definition) is 4. The first-order valence-corrected chi connectivity index (χ1v) is 8.90. The number of benzene rings is 2. The first-order valence-electron chi connectivity index (χ1n) is 7.05. The fourth-order valence-electron chi connectivity index (χ4n) is 1.97. The molecule has 0 fully saturated rings. The van der Waals surface area contributed by atoms with Crippen LogP contribution < -0.4 is 19.7 Å². The van der Waals surface area contributed by atoms with Crippen LogP contribution in [-0.4, -0.2) is 34.9 Å². The van der Waals surface area contributed by atoms with Gasteiger partial charge in [-0.05, 0) is 30.3 Å². The Balaban J connectivity index is 2.09. The number of urea groups is 1. The minimum atomic E-state index is -3.37. The highest BCUT2D eigenvalue weighted by Crippen LogP contribution is 2.21. The number of methoxy groups -OCH3 is 1. The third-order valence-electron chi connectivity index (χ3n) is 3.29. The molecule has 2 aromatic carbocycles. The van der Waals surface area contributed by atoms with E-state index in [-0.39, 0.29) is 0 Å². The van der Waals surface area contributed by atoms with Crippen molar-refractivity contribution < 1.29 is 17.9 Å². The van der Waals surface area contributed by atoms with Crippen LogP contribution in [0.2, 0.25) is 0 Å². The summed E-state index contributed by atoms with van der Waals surface area (Å²) in [6, 6.07) is 13.1. The second kappa shape index (κ2) is 7.22. The van der Waals surface area contributed by atoms with Crippen LogP contribution in [0.15, 0.2) is 48.5 Å². The van der Waals surface area contributed by atoms with Crippen LogP contribution in [0, 0.1) is 0 Å². The SMILES string of the molecule is COc1cccc(NC(=O)Nc2cccc(N(C)S(C)(=O)=O)c2)c1. The number of hydrogen-bond donors (Lipinski definition) is 2. The number of nitrogens with one attached hydrogen (secondary N) is 2. The molecule has 0 unspecified atom stereocenters. The van der Waals surface area contributed by atoms with E-state index in [4.69, 9.17) is 4.74 Å². The summed E-state index contributed by atoms with van der Waals surface area (Å²) in [7, 11) is -0.372. The van der Waals surface area contributed by atoms with Crippen LogP contribution in [-0.2, 0) is 10.0 Å². The highest BCUT2D eigenvalue weighted by molar-refractivity contribution is 7.92. The zero-order valence-electron chi connectivity index (χ0n) is 13.6. The van der Waals surface area contributed by atoms with Crippen molar-refractivity contribution in [2.45, 2.75) is 0 Å². The molecule has 0 aromatic heterocycles. The molecule has 2 rings (SSSR count). The molecule has 24 heavy (non-hydrogen) atoms. The van der Waals surface area contributed by atoms with Gasteiger partial charge >= 0.3 is 6.03 Å². The van der Waals surface area contributed by atoms with Gasteiger partial charge in [0.25, 0.3) is 0 Å². The number of anilines is 3. The summed E-state index contributed by atoms with van der Waals surface area (Å²) in [6.07, 6.45) is 1.11. The Hall–Kier alpha value is -2.74. The van der Waals surface area contributed by atoms with Crippen molar-refractivity contribution in [1.82, 2.24) is 0 Å². The predicted molar refractivity (Wildman–Crippen MR) is 95.3 cm³/mol. The zero-order chi connectivity index (χ0) is 17.7. The maximum atomic E-state index is 12.1. The van der Waals surface area contributed by atoms with Gasteiger partial charge in [0.2, 0.25) is 10.0 Å². The molecule has 128 valence electrons. The summed E-state index contributed by atoms with van der Waals surface area (Å²) >= 11 is 0. The highest BCUT2D eigenvalue weighted by Gasteiger charge is 2.12. The van der Waals surface area contributed by atoms with E-state index in [2.05, 4.69) is 10.6 Å². The van der Waals surface area contributed by atoms with Crippen LogP contribution >= 0.6 is 0 Å². The summed E-state index contributed by atoms with van der Waals surface area (Å²) in [5.41, 5.74) is 1.51. The van der Waals surface area contributed by atoms with E-state index in [0.717, 1.165) is 10.6 Å². The number of nitrogens with zero attached hydrogens (tertiary/aromatic N) is 1. The molecule has 7 nitrogen and oxygen atoms in total. The van der Waals surface area contributed by atoms with Gasteiger partial charge in [-0.3, -0.25) is 4.31 Å². The van der Waals surface area contributed by atoms with Gasteiger partial charge in [0, 0.05) is 24.5 Å². The van der Waals surface area contributed by atoms with Crippen LogP contribution in [0.4, 0.5) is 21.9 Å². The van der Waals surface area contributed by atoms with Crippen molar-refractivity contribution in [3.05, 3.63) is 48.5 Å². The van der Waals surface area contributed by atoms with Gasteiger partial charge in [-0.15, -0.1) is 0 Å². The molecule has 0 aliphatic carbocycles. The highest BCUT2D eigenvalue weighted by atomic mass is 32.2. The molecule has 0 radical (unpaired) electrons. The number of amides is 2. The van der Waals surface area contributed by atoms with Crippen molar-refractivity contribution in [3.8, 4) is 5.75 Å². The molecule has 0 aliphatic heterocycles. The Kier molecular flexibility index (Phi) is 5.30. The monoisotopic (exact) mass is 349 g/mol. The molecule has 0 saturated carbocycles. The van der Waals surface area contributed by atoms with Gasteiger partial charge in [-0.1, -0.05) is 12.1 Å². The van der Waals surface area contributed by atoms with Crippen LogP contribution in [0.25, 0.3) is 0 Å². The molecule has 0 heterocycles. The van der Waals surface area contributed by atoms with Gasteiger partial charge < -0.3 is 15.4 Å². The molecular weight excluding hydrogens is 330 g/mol. The summed E-state index contributed by atoms with van der Waals surface area (Å²) in [5.74, 6) is 0.629. The number of rotatable bonds is 5. The molecule has 0 bridgehead atoms. The summed E-state index contributed by atoms with van der Waals surface area (Å²) < 4.78 is 29.4. The van der Waals surface area contributed by atoms with Crippen LogP contribution in [0.3, 0.4) is 0 Å². The van der Waals surface area contributed by atoms with Gasteiger partial charge in [0.05, 0.1) is 19.1 Å². The number of ether oxygens (including phenoxy) is 1. The smallest absolute Gasteiger partial charge is 0.323 e. The second-order valence-electron chi connectivity index (χ2n) is 5.09. The van der Waals surface area contributed by atoms with Crippen molar-refractivity contribution in [1.29, 1.82) is 0 Å². The van der Waals surface area contributed by atoms with E-state index < -0.39 is 16.1 Å². The van der Waals surface area contributed by atoms with E-state index >= 15 is 0 Å². The lowest BCUT2D eigenvalue weighted by molar-refractivity contribution is 0.262. The van der Waals surface area contributed by atoms with Crippen molar-refractivity contribution >= 4 is 33.1 Å². The first kappa shape index (κ1) is 17.6. The Morgan fingerprint density at radius 3 is 2.21 bits per heavy atom. The quantitative estimate of drug-likeness (QED) is 0.869. The minimum Gasteiger partial charge on any atom is -0.497 e. The Bertz CT molecular complexity index is 837. The van der Waals surface area contributed by atoms with Crippen molar-refractivity contribution in [3.63, 3.8) is 0 Å². The summed E-state index contributed by atoms with van der Waals surface area (Å²) in [4.78, 5) is 12.1. The largest absolute Gasteiger partial charge is 0.497 e. The van der Waals surface area contributed by atoms with Gasteiger partial charge in [0.15, 0.2) is 0 Å². The van der Waals surface area contributed by atoms with Gasteiger partial charge in [-0.2, -0.15) is 0 Å². The Morgan fingerprint density at radius 1 is 1.04 bits per heavy atom. The topological polar surface area (TPSA) is 87.7 Å². The fraction of sp³-hybridized carbons (Fsp3) is 0.188. The van der Waals surface area contributed by atoms with E-state index in [1.807, 2.05) is 0 Å². The van der Waals surface area contributed by atoms with E-state index in [1.165, 1.54) is 7.05 Å². The average Bonchev–Trinajstić information content (AvgIpc) is 2.53. The van der Waals surface area contributed by atoms with Crippen molar-refractivity contribution in [2.24, 2.45) is 0 Å². The molecule has 0 aliphatic rings. The van der Waals surface area contributed by atoms with Gasteiger partial charge in [0.1, 0.15) is 5.75 Å². The molecular formula is C16H19N3O4S. The lowest BCUT2D eigenvalue weighted by atomic mass is 10.3. The third-order valence-corrected chi connectivity index (χ3v) is 4.50. The first-order chi connectivity index (χ1) is 11.3. The predicted octanol–water partition coefficient (Wildman–Crippen LogP) is 2.74. The second-order valence-corrected chi connectivity index (χ2v) is 7.11. The van der Waals surface area contributed by atoms with Gasteiger partial charge in [-0.25, -0.2) is 13.2 Å². The van der Waals surface area contributed by atoms with E-state index in [9.17, 15) is 13.2 Å². The van der Waals surface area contributed by atoms with Crippen LogP contribution in [0.1, 0.15) is 0 Å². The molecule has 8 heteroatoms. The zero-order valence-corrected chi connectivity index (χ0v) is 14.4. The Labute approximate surface area is 141 Å². The normalized spacial score (nSPS) is 10.8. The third kappa shape index (κ3) is 4.63. The Morgan fingerprint density at radius 2 is 1.62 bits per heavy atom. The lowest BCUT2D eigenvalue weighted by Crippen LogP contribution is -2.25. The number of carbonyl (C=O) groups excluding carboxylic acids is 1. The fourth-order valence-corrected chi connectivity index (χ4v) is 2.46. The molecule has 0 saturated heterocycles. The summed E-state index contributed by atoms with van der Waals surface area (Å²) in [5, 5.41) is 5.34. The van der Waals surface area contributed by atoms with Crippen LogP contribution in [0.5, 0.6) is 5.75 Å². The molecule has 2 N–H and O–H groups in total. The lowest BCUT2D eigenvalue weighted by Gasteiger charge is -2.17. The molecule has 0 atom stereocenters. The average molecular weight is 349 g/mol. The van der Waals surface area contributed by atoms with E-state index in [1.54, 1.807) is 55.6 Å².